The summed E-state index contributed by atoms with van der Waals surface area (Å²) in [6.07, 6.45) is -1.46. The highest BCUT2D eigenvalue weighted by Crippen LogP contribution is 2.17. The van der Waals surface area contributed by atoms with Crippen molar-refractivity contribution in [3.8, 4) is 0 Å². The number of nitrogens with one attached hydrogen (secondary N) is 1. The number of anilines is 1. The fourth-order valence-electron chi connectivity index (χ4n) is 1.74. The van der Waals surface area contributed by atoms with Crippen LogP contribution in [-0.2, 0) is 20.1 Å². The van der Waals surface area contributed by atoms with Crippen LogP contribution < -0.4 is 5.32 Å². The van der Waals surface area contributed by atoms with E-state index >= 15 is 0 Å². The van der Waals surface area contributed by atoms with Crippen molar-refractivity contribution in [3.63, 3.8) is 0 Å². The molecule has 1 N–H and O–H groups in total. The van der Waals surface area contributed by atoms with Gasteiger partial charge in [-0.2, -0.15) is 23.4 Å². The van der Waals surface area contributed by atoms with Gasteiger partial charge in [-0.05, 0) is 6.92 Å². The Morgan fingerprint density at radius 2 is 2.05 bits per heavy atom. The average molecular weight is 310 g/mol. The van der Waals surface area contributed by atoms with Crippen molar-refractivity contribution in [1.82, 2.24) is 19.6 Å². The molecule has 0 spiro atoms. The van der Waals surface area contributed by atoms with E-state index in [1.807, 2.05) is 13.0 Å². The summed E-state index contributed by atoms with van der Waals surface area (Å²) in [6.45, 7) is 1.20. The summed E-state index contributed by atoms with van der Waals surface area (Å²) in [6, 6.07) is 1.86. The molecule has 0 aromatic carbocycles. The second kappa shape index (κ2) is 6.17. The average Bonchev–Trinajstić information content (AvgIpc) is 2.80. The first kappa shape index (κ1) is 16.4. The first-order chi connectivity index (χ1) is 8.83. The van der Waals surface area contributed by atoms with Crippen molar-refractivity contribution < 1.29 is 13.2 Å². The molecule has 2 heterocycles. The van der Waals surface area contributed by atoms with E-state index in [1.54, 1.807) is 11.7 Å². The SMILES string of the molecule is Cc1cc(NCc2cnn(CC(F)(F)F)c2)n(C)n1.Cl. The molecule has 20 heavy (non-hydrogen) atoms. The summed E-state index contributed by atoms with van der Waals surface area (Å²) < 4.78 is 39.1. The Kier molecular flexibility index (Phi) is 5.04. The minimum absolute atomic E-state index is 0. The van der Waals surface area contributed by atoms with Crippen LogP contribution in [0.4, 0.5) is 19.0 Å². The normalized spacial score (nSPS) is 11.2. The number of aryl methyl sites for hydroxylation is 2. The number of rotatable bonds is 4. The first-order valence-corrected chi connectivity index (χ1v) is 5.66. The van der Waals surface area contributed by atoms with Gasteiger partial charge in [-0.25, -0.2) is 0 Å². The van der Waals surface area contributed by atoms with Gasteiger partial charge in [0, 0.05) is 31.4 Å². The Labute approximate surface area is 120 Å². The molecule has 9 heteroatoms. The van der Waals surface area contributed by atoms with Gasteiger partial charge in [-0.3, -0.25) is 9.36 Å². The molecular formula is C11H15ClF3N5. The molecule has 0 aliphatic rings. The molecule has 0 amide bonds. The molecule has 0 radical (unpaired) electrons. The molecule has 0 saturated heterocycles. The quantitative estimate of drug-likeness (QED) is 0.944. The van der Waals surface area contributed by atoms with E-state index in [2.05, 4.69) is 15.5 Å². The fourth-order valence-corrected chi connectivity index (χ4v) is 1.74. The van der Waals surface area contributed by atoms with Crippen molar-refractivity contribution in [1.29, 1.82) is 0 Å². The second-order valence-electron chi connectivity index (χ2n) is 4.31. The maximum Gasteiger partial charge on any atom is 0.408 e. The molecule has 0 unspecified atom stereocenters. The molecule has 0 bridgehead atoms. The Morgan fingerprint density at radius 3 is 2.60 bits per heavy atom. The number of hydrogen-bond donors (Lipinski definition) is 1. The zero-order chi connectivity index (χ0) is 14.0. The topological polar surface area (TPSA) is 47.7 Å². The van der Waals surface area contributed by atoms with Gasteiger partial charge in [0.25, 0.3) is 0 Å². The van der Waals surface area contributed by atoms with Crippen LogP contribution in [0.15, 0.2) is 18.5 Å². The molecule has 2 rings (SSSR count). The van der Waals surface area contributed by atoms with E-state index in [1.165, 1.54) is 12.4 Å². The minimum atomic E-state index is -4.25. The predicted molar refractivity (Wildman–Crippen MR) is 70.8 cm³/mol. The zero-order valence-electron chi connectivity index (χ0n) is 11.0. The lowest BCUT2D eigenvalue weighted by molar-refractivity contribution is -0.142. The second-order valence-corrected chi connectivity index (χ2v) is 4.31. The lowest BCUT2D eigenvalue weighted by atomic mass is 10.3. The third-order valence-electron chi connectivity index (χ3n) is 2.50. The van der Waals surface area contributed by atoms with E-state index in [-0.39, 0.29) is 12.4 Å². The summed E-state index contributed by atoms with van der Waals surface area (Å²) in [5.74, 6) is 0.807. The predicted octanol–water partition coefficient (Wildman–Crippen LogP) is 2.52. The first-order valence-electron chi connectivity index (χ1n) is 5.66. The van der Waals surface area contributed by atoms with E-state index in [4.69, 9.17) is 0 Å². The monoisotopic (exact) mass is 309 g/mol. The summed E-state index contributed by atoms with van der Waals surface area (Å²) in [5.41, 5.74) is 1.56. The molecule has 0 saturated carbocycles. The van der Waals surface area contributed by atoms with Crippen molar-refractivity contribution >= 4 is 18.2 Å². The van der Waals surface area contributed by atoms with Crippen LogP contribution in [0.1, 0.15) is 11.3 Å². The summed E-state index contributed by atoms with van der Waals surface area (Å²) in [7, 11) is 1.79. The lowest BCUT2D eigenvalue weighted by Gasteiger charge is -2.05. The van der Waals surface area contributed by atoms with Crippen LogP contribution >= 0.6 is 12.4 Å². The third kappa shape index (κ3) is 4.44. The van der Waals surface area contributed by atoms with Gasteiger partial charge in [-0.15, -0.1) is 12.4 Å². The van der Waals surface area contributed by atoms with Gasteiger partial charge < -0.3 is 5.32 Å². The number of halogens is 4. The van der Waals surface area contributed by atoms with Crippen LogP contribution in [0.2, 0.25) is 0 Å². The van der Waals surface area contributed by atoms with Crippen LogP contribution in [-0.4, -0.2) is 25.7 Å². The number of nitrogens with zero attached hydrogens (tertiary/aromatic N) is 4. The van der Waals surface area contributed by atoms with Crippen molar-refractivity contribution in [3.05, 3.63) is 29.7 Å². The van der Waals surface area contributed by atoms with Gasteiger partial charge in [-0.1, -0.05) is 0 Å². The molecule has 0 fully saturated rings. The fraction of sp³-hybridized carbons (Fsp3) is 0.455. The Hall–Kier alpha value is -1.70. The van der Waals surface area contributed by atoms with Crippen LogP contribution in [0, 0.1) is 6.92 Å². The standard InChI is InChI=1S/C11H14F3N5.ClH/c1-8-3-10(18(2)17-8)15-4-9-5-16-19(6-9)7-11(12,13)14;/h3,5-6,15H,4,7H2,1-2H3;1H. The van der Waals surface area contributed by atoms with Gasteiger partial charge in [0.15, 0.2) is 0 Å². The molecule has 0 aliphatic heterocycles. The third-order valence-corrected chi connectivity index (χ3v) is 2.50. The van der Waals surface area contributed by atoms with Crippen LogP contribution in [0.3, 0.4) is 0 Å². The molecule has 2 aromatic heterocycles. The highest BCUT2D eigenvalue weighted by atomic mass is 35.5. The van der Waals surface area contributed by atoms with E-state index < -0.39 is 12.7 Å². The molecule has 0 aliphatic carbocycles. The smallest absolute Gasteiger partial charge is 0.366 e. The minimum Gasteiger partial charge on any atom is -0.366 e. The molecule has 5 nitrogen and oxygen atoms in total. The van der Waals surface area contributed by atoms with E-state index in [0.29, 0.717) is 12.1 Å². The van der Waals surface area contributed by atoms with Crippen molar-refractivity contribution in [2.75, 3.05) is 5.32 Å². The summed E-state index contributed by atoms with van der Waals surface area (Å²) >= 11 is 0. The van der Waals surface area contributed by atoms with Crippen LogP contribution in [0.5, 0.6) is 0 Å². The molecular weight excluding hydrogens is 295 g/mol. The lowest BCUT2D eigenvalue weighted by Crippen LogP contribution is -2.17. The summed E-state index contributed by atoms with van der Waals surface area (Å²) in [4.78, 5) is 0. The molecule has 112 valence electrons. The highest BCUT2D eigenvalue weighted by Gasteiger charge is 2.28. The van der Waals surface area contributed by atoms with E-state index in [0.717, 1.165) is 16.2 Å². The summed E-state index contributed by atoms with van der Waals surface area (Å²) in [5, 5.41) is 10.9. The largest absolute Gasteiger partial charge is 0.408 e. The van der Waals surface area contributed by atoms with Gasteiger partial charge >= 0.3 is 6.18 Å². The maximum atomic E-state index is 12.2. The van der Waals surface area contributed by atoms with Crippen LogP contribution in [0.25, 0.3) is 0 Å². The number of aromatic nitrogens is 4. The Balaban J connectivity index is 0.00000200. The Morgan fingerprint density at radius 1 is 1.35 bits per heavy atom. The zero-order valence-corrected chi connectivity index (χ0v) is 11.8. The van der Waals surface area contributed by atoms with Crippen molar-refractivity contribution in [2.24, 2.45) is 7.05 Å². The molecule has 0 atom stereocenters. The van der Waals surface area contributed by atoms with Gasteiger partial charge in [0.05, 0.1) is 11.9 Å². The van der Waals surface area contributed by atoms with Gasteiger partial charge in [0.1, 0.15) is 12.4 Å². The van der Waals surface area contributed by atoms with Gasteiger partial charge in [0.2, 0.25) is 0 Å². The maximum absolute atomic E-state index is 12.2. The van der Waals surface area contributed by atoms with Crippen molar-refractivity contribution in [2.45, 2.75) is 26.2 Å². The Bertz CT molecular complexity index is 561. The molecule has 2 aromatic rings. The number of hydrogen-bond acceptors (Lipinski definition) is 3. The highest BCUT2D eigenvalue weighted by molar-refractivity contribution is 5.85. The number of alkyl halides is 3. The van der Waals surface area contributed by atoms with E-state index in [9.17, 15) is 13.2 Å².